The molecular weight excluding hydrogens is 479 g/mol. The van der Waals surface area contributed by atoms with E-state index in [1.54, 1.807) is 0 Å². The van der Waals surface area contributed by atoms with E-state index in [-0.39, 0.29) is 29.5 Å². The van der Waals surface area contributed by atoms with Crippen molar-refractivity contribution in [3.63, 3.8) is 0 Å². The van der Waals surface area contributed by atoms with E-state index in [4.69, 9.17) is 12.2 Å². The molecular formula is C27H25FN4O3S. The average Bonchev–Trinajstić information content (AvgIpc) is 3.09. The van der Waals surface area contributed by atoms with Gasteiger partial charge in [0.1, 0.15) is 11.9 Å². The van der Waals surface area contributed by atoms with Gasteiger partial charge in [0.25, 0.3) is 11.8 Å². The Bertz CT molecular complexity index is 1260. The third-order valence-electron chi connectivity index (χ3n) is 5.75. The van der Waals surface area contributed by atoms with Gasteiger partial charge in [-0.3, -0.25) is 24.7 Å². The highest BCUT2D eigenvalue weighted by atomic mass is 32.1. The van der Waals surface area contributed by atoms with E-state index in [9.17, 15) is 18.8 Å². The van der Waals surface area contributed by atoms with Crippen LogP contribution in [0.15, 0.2) is 84.9 Å². The topological polar surface area (TPSA) is 81.8 Å². The lowest BCUT2D eigenvalue weighted by Crippen LogP contribution is -2.50. The molecule has 0 bridgehead atoms. The number of hydrazine groups is 1. The Labute approximate surface area is 213 Å². The molecule has 0 unspecified atom stereocenters. The van der Waals surface area contributed by atoms with Crippen LogP contribution in [-0.4, -0.2) is 45.3 Å². The zero-order valence-electron chi connectivity index (χ0n) is 19.4. The van der Waals surface area contributed by atoms with E-state index in [0.717, 1.165) is 17.2 Å². The number of hydrogen-bond acceptors (Lipinski definition) is 4. The van der Waals surface area contributed by atoms with Gasteiger partial charge in [-0.15, -0.1) is 0 Å². The molecule has 3 aromatic carbocycles. The summed E-state index contributed by atoms with van der Waals surface area (Å²) in [5.41, 5.74) is 4.59. The van der Waals surface area contributed by atoms with Crippen LogP contribution in [0.3, 0.4) is 0 Å². The first-order chi connectivity index (χ1) is 17.4. The van der Waals surface area contributed by atoms with Crippen LogP contribution >= 0.6 is 12.2 Å². The summed E-state index contributed by atoms with van der Waals surface area (Å²) in [6.45, 7) is 0.592. The molecule has 7 nitrogen and oxygen atoms in total. The lowest BCUT2D eigenvalue weighted by atomic mass is 10.1. The lowest BCUT2D eigenvalue weighted by molar-refractivity contribution is -0.132. The quantitative estimate of drug-likeness (QED) is 0.438. The van der Waals surface area contributed by atoms with Crippen molar-refractivity contribution >= 4 is 35.1 Å². The van der Waals surface area contributed by atoms with Gasteiger partial charge in [0.2, 0.25) is 5.91 Å². The van der Waals surface area contributed by atoms with E-state index >= 15 is 0 Å². The summed E-state index contributed by atoms with van der Waals surface area (Å²) in [7, 11) is 0. The number of thiocarbonyl (C=S) groups is 1. The molecule has 0 aliphatic carbocycles. The standard InChI is InChI=1S/C27H25FN4O3S/c28-22-13-7-12-21(16-22)25(34)30-32-23(17-24(33)29-15-14-19-8-3-1-4-9-19)26(35)31(27(32)36)18-20-10-5-2-6-11-20/h1-13,16,23H,14-15,17-18H2,(H,29,33)(H,30,34)/t23-/m1/s1. The molecule has 0 saturated carbocycles. The van der Waals surface area contributed by atoms with Crippen molar-refractivity contribution in [1.29, 1.82) is 0 Å². The van der Waals surface area contributed by atoms with Crippen LogP contribution in [0.2, 0.25) is 0 Å². The Balaban J connectivity index is 1.48. The molecule has 1 atom stereocenters. The van der Waals surface area contributed by atoms with Gasteiger partial charge in [0.15, 0.2) is 5.11 Å². The number of hydrogen-bond donors (Lipinski definition) is 2. The monoisotopic (exact) mass is 504 g/mol. The molecule has 2 N–H and O–H groups in total. The third kappa shape index (κ3) is 6.11. The first kappa shape index (κ1) is 25.0. The van der Waals surface area contributed by atoms with Gasteiger partial charge in [-0.2, -0.15) is 0 Å². The highest BCUT2D eigenvalue weighted by Crippen LogP contribution is 2.22. The summed E-state index contributed by atoms with van der Waals surface area (Å²) < 4.78 is 13.6. The average molecular weight is 505 g/mol. The second-order valence-corrected chi connectivity index (χ2v) is 8.68. The number of benzene rings is 3. The minimum absolute atomic E-state index is 0.0655. The molecule has 3 aromatic rings. The molecule has 1 heterocycles. The maximum Gasteiger partial charge on any atom is 0.269 e. The minimum Gasteiger partial charge on any atom is -0.356 e. The molecule has 0 spiro atoms. The van der Waals surface area contributed by atoms with Crippen LogP contribution in [0, 0.1) is 5.82 Å². The highest BCUT2D eigenvalue weighted by molar-refractivity contribution is 7.80. The number of nitrogens with zero attached hydrogens (tertiary/aromatic N) is 2. The fourth-order valence-corrected chi connectivity index (χ4v) is 4.23. The molecule has 36 heavy (non-hydrogen) atoms. The van der Waals surface area contributed by atoms with Crippen LogP contribution in [0.4, 0.5) is 4.39 Å². The first-order valence-corrected chi connectivity index (χ1v) is 11.9. The SMILES string of the molecule is O=C(C[C@@H]1C(=O)N(Cc2ccccc2)C(=S)N1NC(=O)c1cccc(F)c1)NCCc1ccccc1. The van der Waals surface area contributed by atoms with E-state index in [1.807, 2.05) is 60.7 Å². The van der Waals surface area contributed by atoms with Crippen LogP contribution in [0.5, 0.6) is 0 Å². The number of nitrogens with one attached hydrogen (secondary N) is 2. The summed E-state index contributed by atoms with van der Waals surface area (Å²) >= 11 is 5.52. The zero-order chi connectivity index (χ0) is 25.5. The van der Waals surface area contributed by atoms with Crippen LogP contribution in [0.1, 0.15) is 27.9 Å². The Morgan fingerprint density at radius 2 is 1.58 bits per heavy atom. The molecule has 4 rings (SSSR count). The second kappa shape index (κ2) is 11.5. The van der Waals surface area contributed by atoms with E-state index < -0.39 is 23.7 Å². The summed E-state index contributed by atoms with van der Waals surface area (Å²) in [5, 5.41) is 4.12. The molecule has 1 fully saturated rings. The maximum atomic E-state index is 13.6. The summed E-state index contributed by atoms with van der Waals surface area (Å²) in [6, 6.07) is 23.1. The Morgan fingerprint density at radius 1 is 0.917 bits per heavy atom. The summed E-state index contributed by atoms with van der Waals surface area (Å²) in [6.07, 6.45) is 0.437. The second-order valence-electron chi connectivity index (χ2n) is 8.32. The van der Waals surface area contributed by atoms with E-state index in [0.29, 0.717) is 13.0 Å². The van der Waals surface area contributed by atoms with Gasteiger partial charge in [0.05, 0.1) is 13.0 Å². The highest BCUT2D eigenvalue weighted by Gasteiger charge is 2.44. The predicted octanol–water partition coefficient (Wildman–Crippen LogP) is 3.22. The third-order valence-corrected chi connectivity index (χ3v) is 6.17. The number of carbonyl (C=O) groups is 3. The number of rotatable bonds is 9. The summed E-state index contributed by atoms with van der Waals surface area (Å²) in [4.78, 5) is 40.3. The fourth-order valence-electron chi connectivity index (χ4n) is 3.91. The van der Waals surface area contributed by atoms with E-state index in [2.05, 4.69) is 10.7 Å². The van der Waals surface area contributed by atoms with Crippen molar-refractivity contribution in [1.82, 2.24) is 20.7 Å². The van der Waals surface area contributed by atoms with Crippen molar-refractivity contribution in [3.8, 4) is 0 Å². The Kier molecular flexibility index (Phi) is 8.02. The maximum absolute atomic E-state index is 13.6. The van der Waals surface area contributed by atoms with Crippen molar-refractivity contribution in [2.75, 3.05) is 6.54 Å². The molecule has 1 aliphatic heterocycles. The first-order valence-electron chi connectivity index (χ1n) is 11.5. The molecule has 9 heteroatoms. The van der Waals surface area contributed by atoms with Crippen molar-refractivity contribution < 1.29 is 18.8 Å². The molecule has 184 valence electrons. The van der Waals surface area contributed by atoms with Crippen molar-refractivity contribution in [2.45, 2.75) is 25.4 Å². The van der Waals surface area contributed by atoms with Gasteiger partial charge in [0, 0.05) is 12.1 Å². The van der Waals surface area contributed by atoms with Crippen molar-refractivity contribution in [3.05, 3.63) is 107 Å². The van der Waals surface area contributed by atoms with Crippen LogP contribution < -0.4 is 10.7 Å². The zero-order valence-corrected chi connectivity index (χ0v) is 20.2. The number of carbonyl (C=O) groups excluding carboxylic acids is 3. The molecule has 0 radical (unpaired) electrons. The molecule has 3 amide bonds. The number of amides is 3. The van der Waals surface area contributed by atoms with Crippen LogP contribution in [0.25, 0.3) is 0 Å². The normalized spacial score (nSPS) is 15.2. The predicted molar refractivity (Wildman–Crippen MR) is 137 cm³/mol. The fraction of sp³-hybridized carbons (Fsp3) is 0.185. The van der Waals surface area contributed by atoms with Gasteiger partial charge in [-0.05, 0) is 48.0 Å². The van der Waals surface area contributed by atoms with Gasteiger partial charge < -0.3 is 5.32 Å². The molecule has 0 aromatic heterocycles. The van der Waals surface area contributed by atoms with E-state index in [1.165, 1.54) is 28.1 Å². The number of halogens is 1. The summed E-state index contributed by atoms with van der Waals surface area (Å²) in [5.74, 6) is -1.95. The largest absolute Gasteiger partial charge is 0.356 e. The Hall–Kier alpha value is -4.11. The molecule has 1 saturated heterocycles. The van der Waals surface area contributed by atoms with Gasteiger partial charge in [-0.1, -0.05) is 66.7 Å². The lowest BCUT2D eigenvalue weighted by Gasteiger charge is -2.24. The minimum atomic E-state index is -1.03. The van der Waals surface area contributed by atoms with Gasteiger partial charge in [-0.25, -0.2) is 9.40 Å². The van der Waals surface area contributed by atoms with Crippen LogP contribution in [-0.2, 0) is 22.6 Å². The Morgan fingerprint density at radius 3 is 2.25 bits per heavy atom. The smallest absolute Gasteiger partial charge is 0.269 e. The van der Waals surface area contributed by atoms with Gasteiger partial charge >= 0.3 is 0 Å². The van der Waals surface area contributed by atoms with Crippen molar-refractivity contribution in [2.24, 2.45) is 0 Å². The molecule has 1 aliphatic rings.